The molecule has 0 saturated carbocycles. The number of carbonyl (C=O) groups is 2. The van der Waals surface area contributed by atoms with E-state index in [0.717, 1.165) is 6.92 Å². The lowest BCUT2D eigenvalue weighted by Gasteiger charge is -2.15. The first-order valence-electron chi connectivity index (χ1n) is 4.33. The number of aliphatic carboxylic acids is 1. The smallest absolute Gasteiger partial charge is 0.335 e. The van der Waals surface area contributed by atoms with Crippen LogP contribution >= 0.6 is 0 Å². The molecule has 0 aliphatic carbocycles. The molecule has 0 amide bonds. The highest BCUT2D eigenvalue weighted by Gasteiger charge is 2.33. The lowest BCUT2D eigenvalue weighted by atomic mass is 9.98. The van der Waals surface area contributed by atoms with E-state index < -0.39 is 23.8 Å². The fourth-order valence-electron chi connectivity index (χ4n) is 1.01. The Morgan fingerprint density at radius 1 is 1.47 bits per heavy atom. The van der Waals surface area contributed by atoms with Gasteiger partial charge in [-0.15, -0.1) is 0 Å². The van der Waals surface area contributed by atoms with Gasteiger partial charge < -0.3 is 10.2 Å². The van der Waals surface area contributed by atoms with E-state index in [9.17, 15) is 14.7 Å². The Hall–Kier alpha value is -1.75. The lowest BCUT2D eigenvalue weighted by molar-refractivity contribution is -0.156. The number of Topliss-reactive ketones (excluding diaryl/α,β-unsaturated/α-hetero) is 1. The van der Waals surface area contributed by atoms with Gasteiger partial charge in [-0.05, 0) is 19.1 Å². The maximum absolute atomic E-state index is 11.5. The third-order valence-corrected chi connectivity index (χ3v) is 1.92. The summed E-state index contributed by atoms with van der Waals surface area (Å²) in [7, 11) is 0. The van der Waals surface area contributed by atoms with E-state index in [2.05, 4.69) is 4.98 Å². The number of hydrogen-bond acceptors (Lipinski definition) is 4. The van der Waals surface area contributed by atoms with Gasteiger partial charge in [-0.2, -0.15) is 0 Å². The summed E-state index contributed by atoms with van der Waals surface area (Å²) >= 11 is 0. The topological polar surface area (TPSA) is 87.5 Å². The number of rotatable bonds is 4. The van der Waals surface area contributed by atoms with Crippen LogP contribution in [0.3, 0.4) is 0 Å². The lowest BCUT2D eigenvalue weighted by Crippen LogP contribution is -2.37. The van der Waals surface area contributed by atoms with Crippen molar-refractivity contribution in [3.8, 4) is 0 Å². The predicted molar refractivity (Wildman–Crippen MR) is 51.4 cm³/mol. The van der Waals surface area contributed by atoms with Gasteiger partial charge in [-0.25, -0.2) is 4.79 Å². The van der Waals surface area contributed by atoms with Crippen LogP contribution in [0.5, 0.6) is 0 Å². The van der Waals surface area contributed by atoms with Crippen molar-refractivity contribution in [1.82, 2.24) is 4.98 Å². The molecule has 0 aliphatic rings. The monoisotopic (exact) mass is 209 g/mol. The molecule has 0 fully saturated rings. The van der Waals surface area contributed by atoms with Crippen LogP contribution in [0.4, 0.5) is 0 Å². The van der Waals surface area contributed by atoms with Crippen LogP contribution in [0.2, 0.25) is 0 Å². The molecular formula is C10H11NO4. The minimum atomic E-state index is -2.05. The maximum atomic E-state index is 11.5. The minimum Gasteiger partial charge on any atom is -0.479 e. The van der Waals surface area contributed by atoms with Crippen LogP contribution in [0.1, 0.15) is 23.8 Å². The Balaban J connectivity index is 2.77. The van der Waals surface area contributed by atoms with E-state index in [0.29, 0.717) is 0 Å². The van der Waals surface area contributed by atoms with Crippen LogP contribution in [0.15, 0.2) is 24.4 Å². The van der Waals surface area contributed by atoms with Crippen molar-refractivity contribution in [3.05, 3.63) is 30.1 Å². The number of hydrogen-bond donors (Lipinski definition) is 2. The number of carboxylic acids is 1. The highest BCUT2D eigenvalue weighted by molar-refractivity contribution is 5.97. The number of aromatic nitrogens is 1. The summed E-state index contributed by atoms with van der Waals surface area (Å²) in [6.45, 7) is 1.08. The molecule has 0 saturated heterocycles. The van der Waals surface area contributed by atoms with Crippen LogP contribution in [0.25, 0.3) is 0 Å². The van der Waals surface area contributed by atoms with Gasteiger partial charge in [0, 0.05) is 6.20 Å². The molecule has 1 unspecified atom stereocenters. The third-order valence-electron chi connectivity index (χ3n) is 1.92. The Morgan fingerprint density at radius 2 is 2.13 bits per heavy atom. The van der Waals surface area contributed by atoms with E-state index >= 15 is 0 Å². The zero-order valence-electron chi connectivity index (χ0n) is 8.17. The molecule has 5 nitrogen and oxygen atoms in total. The van der Waals surface area contributed by atoms with Gasteiger partial charge >= 0.3 is 5.97 Å². The fraction of sp³-hybridized carbons (Fsp3) is 0.300. The number of nitrogens with zero attached hydrogens (tertiary/aromatic N) is 1. The predicted octanol–water partition coefficient (Wildman–Crippen LogP) is 0.490. The second-order valence-electron chi connectivity index (χ2n) is 3.39. The minimum absolute atomic E-state index is 0.152. The van der Waals surface area contributed by atoms with Crippen molar-refractivity contribution in [2.24, 2.45) is 0 Å². The molecule has 0 aromatic carbocycles. The largest absolute Gasteiger partial charge is 0.479 e. The molecule has 2 N–H and O–H groups in total. The van der Waals surface area contributed by atoms with Crippen molar-refractivity contribution in [3.63, 3.8) is 0 Å². The number of carbonyl (C=O) groups excluding carboxylic acids is 1. The Kier molecular flexibility index (Phi) is 3.16. The fourth-order valence-corrected chi connectivity index (χ4v) is 1.01. The maximum Gasteiger partial charge on any atom is 0.335 e. The van der Waals surface area contributed by atoms with Crippen molar-refractivity contribution >= 4 is 11.8 Å². The average molecular weight is 209 g/mol. The second-order valence-corrected chi connectivity index (χ2v) is 3.39. The average Bonchev–Trinajstić information content (AvgIpc) is 2.18. The quantitative estimate of drug-likeness (QED) is 0.704. The van der Waals surface area contributed by atoms with Crippen molar-refractivity contribution < 1.29 is 19.8 Å². The zero-order valence-corrected chi connectivity index (χ0v) is 8.17. The van der Waals surface area contributed by atoms with E-state index in [4.69, 9.17) is 5.11 Å². The molecule has 80 valence electrons. The Morgan fingerprint density at radius 3 is 2.60 bits per heavy atom. The number of ketones is 1. The van der Waals surface area contributed by atoms with Crippen LogP contribution in [0, 0.1) is 0 Å². The van der Waals surface area contributed by atoms with E-state index in [1.54, 1.807) is 12.1 Å². The number of aliphatic hydroxyl groups is 1. The van der Waals surface area contributed by atoms with Gasteiger partial charge in [0.15, 0.2) is 11.4 Å². The summed E-state index contributed by atoms with van der Waals surface area (Å²) in [4.78, 5) is 25.8. The van der Waals surface area contributed by atoms with Crippen molar-refractivity contribution in [2.75, 3.05) is 0 Å². The van der Waals surface area contributed by atoms with Gasteiger partial charge in [-0.1, -0.05) is 6.07 Å². The van der Waals surface area contributed by atoms with Gasteiger partial charge in [0.05, 0.1) is 6.42 Å². The molecule has 0 radical (unpaired) electrons. The van der Waals surface area contributed by atoms with Crippen LogP contribution < -0.4 is 0 Å². The Bertz CT molecular complexity index is 372. The summed E-state index contributed by atoms with van der Waals surface area (Å²) in [5.41, 5.74) is -1.90. The highest BCUT2D eigenvalue weighted by atomic mass is 16.4. The molecule has 1 rings (SSSR count). The molecule has 1 aromatic heterocycles. The first-order chi connectivity index (χ1) is 6.93. The SMILES string of the molecule is CC(O)(CC(=O)c1ccccn1)C(=O)O. The number of carboxylic acid groups (broad SMARTS) is 1. The molecule has 0 bridgehead atoms. The Labute approximate surface area is 86.4 Å². The van der Waals surface area contributed by atoms with Crippen LogP contribution in [-0.2, 0) is 4.79 Å². The summed E-state index contributed by atoms with van der Waals surface area (Å²) < 4.78 is 0. The molecule has 0 aliphatic heterocycles. The first kappa shape index (κ1) is 11.3. The normalized spacial score (nSPS) is 14.3. The first-order valence-corrected chi connectivity index (χ1v) is 4.33. The van der Waals surface area contributed by atoms with E-state index in [-0.39, 0.29) is 5.69 Å². The van der Waals surface area contributed by atoms with Crippen LogP contribution in [-0.4, -0.2) is 32.6 Å². The summed E-state index contributed by atoms with van der Waals surface area (Å²) in [6, 6.07) is 4.74. The van der Waals surface area contributed by atoms with Gasteiger partial charge in [-0.3, -0.25) is 9.78 Å². The third kappa shape index (κ3) is 2.85. The van der Waals surface area contributed by atoms with Gasteiger partial charge in [0.2, 0.25) is 0 Å². The second kappa shape index (κ2) is 4.18. The zero-order chi connectivity index (χ0) is 11.5. The summed E-state index contributed by atoms with van der Waals surface area (Å²) in [5.74, 6) is -1.92. The molecular weight excluding hydrogens is 198 g/mol. The molecule has 1 heterocycles. The van der Waals surface area contributed by atoms with E-state index in [1.807, 2.05) is 0 Å². The summed E-state index contributed by atoms with van der Waals surface area (Å²) in [6.07, 6.45) is 0.946. The molecule has 15 heavy (non-hydrogen) atoms. The summed E-state index contributed by atoms with van der Waals surface area (Å²) in [5, 5.41) is 18.0. The van der Waals surface area contributed by atoms with Gasteiger partial charge in [0.25, 0.3) is 0 Å². The van der Waals surface area contributed by atoms with E-state index in [1.165, 1.54) is 12.3 Å². The molecule has 1 aromatic rings. The number of pyridine rings is 1. The molecule has 5 heteroatoms. The highest BCUT2D eigenvalue weighted by Crippen LogP contribution is 2.13. The molecule has 1 atom stereocenters. The van der Waals surface area contributed by atoms with Gasteiger partial charge in [0.1, 0.15) is 5.69 Å². The van der Waals surface area contributed by atoms with Crippen molar-refractivity contribution in [1.29, 1.82) is 0 Å². The standard InChI is InChI=1S/C10H11NO4/c1-10(15,9(13)14)6-8(12)7-4-2-3-5-11-7/h2-5,15H,6H2,1H3,(H,13,14). The van der Waals surface area contributed by atoms with Crippen molar-refractivity contribution in [2.45, 2.75) is 18.9 Å². The molecule has 0 spiro atoms.